The first-order valence-electron chi connectivity index (χ1n) is 6.87. The second-order valence-electron chi connectivity index (χ2n) is 5.64. The molecule has 2 aliphatic carbocycles. The lowest BCUT2D eigenvalue weighted by molar-refractivity contribution is -0.161. The van der Waals surface area contributed by atoms with Crippen molar-refractivity contribution < 1.29 is 14.3 Å². The van der Waals surface area contributed by atoms with E-state index in [0.29, 0.717) is 12.8 Å². The Labute approximate surface area is 117 Å². The molecule has 3 nitrogen and oxygen atoms in total. The van der Waals surface area contributed by atoms with Crippen LogP contribution >= 0.6 is 15.9 Å². The molecule has 0 aliphatic heterocycles. The zero-order valence-electron chi connectivity index (χ0n) is 11.0. The van der Waals surface area contributed by atoms with Crippen LogP contribution in [0.4, 0.5) is 0 Å². The lowest BCUT2D eigenvalue weighted by Crippen LogP contribution is -2.49. The molecule has 0 atom stereocenters. The summed E-state index contributed by atoms with van der Waals surface area (Å²) in [5.74, 6) is -0.239. The number of esters is 1. The fourth-order valence-corrected chi connectivity index (χ4v) is 4.41. The van der Waals surface area contributed by atoms with Gasteiger partial charge in [-0.05, 0) is 25.7 Å². The van der Waals surface area contributed by atoms with Crippen LogP contribution in [0.15, 0.2) is 0 Å². The maximum Gasteiger partial charge on any atom is 0.319 e. The molecule has 0 aromatic carbocycles. The van der Waals surface area contributed by atoms with Gasteiger partial charge in [-0.15, -0.1) is 0 Å². The van der Waals surface area contributed by atoms with E-state index in [9.17, 15) is 9.59 Å². The minimum atomic E-state index is -0.874. The van der Waals surface area contributed by atoms with Crippen molar-refractivity contribution in [2.45, 2.75) is 62.1 Å². The van der Waals surface area contributed by atoms with Crippen molar-refractivity contribution in [1.29, 1.82) is 0 Å². The molecular weight excluding hydrogens is 296 g/mol. The Morgan fingerprint density at radius 3 is 1.94 bits per heavy atom. The number of methoxy groups -OCH3 is 1. The van der Waals surface area contributed by atoms with Gasteiger partial charge < -0.3 is 4.74 Å². The Morgan fingerprint density at radius 2 is 1.44 bits per heavy atom. The fourth-order valence-electron chi connectivity index (χ4n) is 3.47. The number of ketones is 1. The molecule has 4 heteroatoms. The summed E-state index contributed by atoms with van der Waals surface area (Å²) in [6, 6.07) is 0. The van der Waals surface area contributed by atoms with Crippen molar-refractivity contribution in [3.8, 4) is 0 Å². The van der Waals surface area contributed by atoms with Gasteiger partial charge in [-0.25, -0.2) is 0 Å². The largest absolute Gasteiger partial charge is 0.468 e. The van der Waals surface area contributed by atoms with Gasteiger partial charge >= 0.3 is 5.97 Å². The Balaban J connectivity index is 2.28. The van der Waals surface area contributed by atoms with E-state index in [1.165, 1.54) is 7.11 Å². The Bertz CT molecular complexity index is 339. The highest BCUT2D eigenvalue weighted by Crippen LogP contribution is 2.48. The zero-order valence-corrected chi connectivity index (χ0v) is 12.6. The van der Waals surface area contributed by atoms with Crippen LogP contribution in [-0.2, 0) is 14.3 Å². The average Bonchev–Trinajstić information content (AvgIpc) is 2.85. The Morgan fingerprint density at radius 1 is 0.944 bits per heavy atom. The third kappa shape index (κ3) is 2.24. The molecule has 0 aromatic rings. The van der Waals surface area contributed by atoms with Crippen LogP contribution in [0.5, 0.6) is 0 Å². The van der Waals surface area contributed by atoms with Gasteiger partial charge in [-0.2, -0.15) is 0 Å². The smallest absolute Gasteiger partial charge is 0.319 e. The summed E-state index contributed by atoms with van der Waals surface area (Å²) >= 11 is 3.62. The highest BCUT2D eigenvalue weighted by molar-refractivity contribution is 9.10. The van der Waals surface area contributed by atoms with Crippen LogP contribution in [-0.4, -0.2) is 23.2 Å². The molecule has 0 radical (unpaired) electrons. The van der Waals surface area contributed by atoms with Gasteiger partial charge in [-0.3, -0.25) is 9.59 Å². The maximum absolute atomic E-state index is 12.9. The Kier molecular flexibility index (Phi) is 4.15. The van der Waals surface area contributed by atoms with E-state index in [0.717, 1.165) is 44.9 Å². The molecule has 0 amide bonds. The van der Waals surface area contributed by atoms with Gasteiger partial charge in [0.05, 0.1) is 11.4 Å². The lowest BCUT2D eigenvalue weighted by atomic mass is 9.67. The quantitative estimate of drug-likeness (QED) is 0.455. The monoisotopic (exact) mass is 316 g/mol. The number of ether oxygens (including phenoxy) is 1. The van der Waals surface area contributed by atoms with E-state index in [4.69, 9.17) is 4.74 Å². The summed E-state index contributed by atoms with van der Waals surface area (Å²) in [5, 5.41) is 0. The van der Waals surface area contributed by atoms with Gasteiger partial charge in [0, 0.05) is 0 Å². The Hall–Kier alpha value is -0.380. The predicted octanol–water partition coefficient (Wildman–Crippen LogP) is 3.39. The van der Waals surface area contributed by atoms with Crippen molar-refractivity contribution >= 4 is 27.7 Å². The highest BCUT2D eigenvalue weighted by Gasteiger charge is 2.55. The standard InChI is InChI=1S/C14H21BrO3/c1-18-12(17)13(7-3-2-4-8-13)11(16)14(15)9-5-6-10-14/h2-10H2,1H3. The lowest BCUT2D eigenvalue weighted by Gasteiger charge is -2.37. The summed E-state index contributed by atoms with van der Waals surface area (Å²) in [6.45, 7) is 0. The molecule has 2 saturated carbocycles. The van der Waals surface area contributed by atoms with Gasteiger partial charge in [0.25, 0.3) is 0 Å². The first kappa shape index (κ1) is 14.0. The van der Waals surface area contributed by atoms with E-state index in [1.807, 2.05) is 0 Å². The molecule has 0 N–H and O–H groups in total. The molecular formula is C14H21BrO3. The van der Waals surface area contributed by atoms with Crippen LogP contribution in [0.3, 0.4) is 0 Å². The number of rotatable bonds is 3. The van der Waals surface area contributed by atoms with Gasteiger partial charge in [0.15, 0.2) is 5.78 Å². The number of Topliss-reactive ketones (excluding diaryl/α,β-unsaturated/α-hetero) is 1. The predicted molar refractivity (Wildman–Crippen MR) is 72.7 cm³/mol. The van der Waals surface area contributed by atoms with Crippen molar-refractivity contribution in [1.82, 2.24) is 0 Å². The van der Waals surface area contributed by atoms with Crippen LogP contribution < -0.4 is 0 Å². The number of hydrogen-bond acceptors (Lipinski definition) is 3. The normalized spacial score (nSPS) is 25.7. The molecule has 0 heterocycles. The number of carbonyl (C=O) groups is 2. The topological polar surface area (TPSA) is 43.4 Å². The molecule has 102 valence electrons. The van der Waals surface area contributed by atoms with Crippen LogP contribution in [0.1, 0.15) is 57.8 Å². The van der Waals surface area contributed by atoms with Crippen molar-refractivity contribution in [3.05, 3.63) is 0 Å². The number of carbonyl (C=O) groups excluding carboxylic acids is 2. The molecule has 2 aliphatic rings. The summed E-state index contributed by atoms with van der Waals surface area (Å²) in [7, 11) is 1.39. The molecule has 0 unspecified atom stereocenters. The van der Waals surface area contributed by atoms with Crippen molar-refractivity contribution in [2.75, 3.05) is 7.11 Å². The first-order chi connectivity index (χ1) is 8.55. The highest BCUT2D eigenvalue weighted by atomic mass is 79.9. The van der Waals surface area contributed by atoms with Gasteiger partial charge in [-0.1, -0.05) is 48.0 Å². The second kappa shape index (κ2) is 5.32. The molecule has 0 aromatic heterocycles. The maximum atomic E-state index is 12.9. The molecule has 18 heavy (non-hydrogen) atoms. The zero-order chi connectivity index (χ0) is 13.2. The number of halogens is 1. The van der Waals surface area contributed by atoms with E-state index >= 15 is 0 Å². The van der Waals surface area contributed by atoms with Crippen LogP contribution in [0.25, 0.3) is 0 Å². The third-order valence-electron chi connectivity index (χ3n) is 4.52. The molecule has 0 bridgehead atoms. The minimum absolute atomic E-state index is 0.0825. The fraction of sp³-hybridized carbons (Fsp3) is 0.857. The van der Waals surface area contributed by atoms with E-state index in [1.54, 1.807) is 0 Å². The summed E-state index contributed by atoms with van der Waals surface area (Å²) < 4.78 is 4.46. The first-order valence-corrected chi connectivity index (χ1v) is 7.67. The van der Waals surface area contributed by atoms with E-state index < -0.39 is 9.74 Å². The van der Waals surface area contributed by atoms with Crippen LogP contribution in [0.2, 0.25) is 0 Å². The number of alkyl halides is 1. The minimum Gasteiger partial charge on any atom is -0.468 e. The summed E-state index contributed by atoms with van der Waals surface area (Å²) in [6.07, 6.45) is 8.16. The van der Waals surface area contributed by atoms with Crippen LogP contribution in [0, 0.1) is 5.41 Å². The van der Waals surface area contributed by atoms with E-state index in [-0.39, 0.29) is 11.8 Å². The summed E-state index contributed by atoms with van der Waals surface area (Å²) in [5.41, 5.74) is -0.874. The molecule has 2 fully saturated rings. The van der Waals surface area contributed by atoms with Gasteiger partial charge in [0.1, 0.15) is 5.41 Å². The summed E-state index contributed by atoms with van der Waals surface area (Å²) in [4.78, 5) is 25.1. The SMILES string of the molecule is COC(=O)C1(C(=O)C2(Br)CCCC2)CCCCC1. The molecule has 0 spiro atoms. The molecule has 0 saturated heterocycles. The van der Waals surface area contributed by atoms with Crippen molar-refractivity contribution in [3.63, 3.8) is 0 Å². The molecule has 2 rings (SSSR count). The van der Waals surface area contributed by atoms with Crippen molar-refractivity contribution in [2.24, 2.45) is 5.41 Å². The van der Waals surface area contributed by atoms with Gasteiger partial charge in [0.2, 0.25) is 0 Å². The number of hydrogen-bond donors (Lipinski definition) is 0. The van der Waals surface area contributed by atoms with E-state index in [2.05, 4.69) is 15.9 Å². The average molecular weight is 317 g/mol. The third-order valence-corrected chi connectivity index (χ3v) is 5.67. The second-order valence-corrected chi connectivity index (χ2v) is 7.15.